The molecule has 2 rings (SSSR count). The summed E-state index contributed by atoms with van der Waals surface area (Å²) in [7, 11) is 0. The number of nitrogens with one attached hydrogen (secondary N) is 1. The van der Waals surface area contributed by atoms with Crippen LogP contribution in [0.15, 0.2) is 18.2 Å². The zero-order valence-corrected chi connectivity index (χ0v) is 11.2. The Kier molecular flexibility index (Phi) is 4.37. The van der Waals surface area contributed by atoms with E-state index in [1.54, 1.807) is 0 Å². The van der Waals surface area contributed by atoms with Gasteiger partial charge >= 0.3 is 0 Å². The number of carbonyl (C=O) groups excluding carboxylic acids is 1. The Balaban J connectivity index is 2.24. The number of ketones is 1. The first kappa shape index (κ1) is 13.1. The van der Waals surface area contributed by atoms with Gasteiger partial charge in [0.2, 0.25) is 0 Å². The fraction of sp³-hybridized carbons (Fsp3) is 0.533. The Bertz CT molecular complexity index is 423. The van der Waals surface area contributed by atoms with Crippen LogP contribution in [0.4, 0.5) is 0 Å². The van der Waals surface area contributed by atoms with Crippen LogP contribution in [-0.4, -0.2) is 25.5 Å². The molecule has 1 heterocycles. The predicted molar refractivity (Wildman–Crippen MR) is 72.3 cm³/mol. The minimum Gasteiger partial charge on any atom is -0.493 e. The Morgan fingerprint density at radius 2 is 2.33 bits per heavy atom. The fourth-order valence-electron chi connectivity index (χ4n) is 2.41. The second-order valence-electron chi connectivity index (χ2n) is 4.84. The predicted octanol–water partition coefficient (Wildman–Crippen LogP) is 2.58. The van der Waals surface area contributed by atoms with Gasteiger partial charge in [0.1, 0.15) is 5.75 Å². The van der Waals surface area contributed by atoms with E-state index in [9.17, 15) is 4.79 Å². The first-order chi connectivity index (χ1) is 8.72. The number of hydrogen-bond acceptors (Lipinski definition) is 3. The van der Waals surface area contributed by atoms with Gasteiger partial charge in [0.05, 0.1) is 12.2 Å². The Hall–Kier alpha value is -1.35. The minimum atomic E-state index is 0.0970. The number of Topliss-reactive ketones (excluding diaryl/α,β-unsaturated/α-hetero) is 1. The summed E-state index contributed by atoms with van der Waals surface area (Å²) in [4.78, 5) is 12.5. The van der Waals surface area contributed by atoms with Crippen molar-refractivity contribution in [2.45, 2.75) is 26.7 Å². The number of hydrogen-bond donors (Lipinski definition) is 1. The first-order valence-corrected chi connectivity index (χ1v) is 6.70. The van der Waals surface area contributed by atoms with Crippen molar-refractivity contribution in [2.75, 3.05) is 19.7 Å². The molecule has 1 unspecified atom stereocenters. The van der Waals surface area contributed by atoms with Crippen molar-refractivity contribution in [3.63, 3.8) is 0 Å². The van der Waals surface area contributed by atoms with Crippen molar-refractivity contribution < 1.29 is 9.53 Å². The lowest BCUT2D eigenvalue weighted by molar-refractivity contribution is 0.0895. The van der Waals surface area contributed by atoms with Crippen molar-refractivity contribution in [3.05, 3.63) is 29.3 Å². The topological polar surface area (TPSA) is 38.3 Å². The maximum Gasteiger partial charge on any atom is 0.170 e. The molecule has 1 saturated heterocycles. The molecule has 1 aromatic carbocycles. The van der Waals surface area contributed by atoms with E-state index in [0.717, 1.165) is 42.8 Å². The molecule has 0 aromatic heterocycles. The molecule has 3 nitrogen and oxygen atoms in total. The van der Waals surface area contributed by atoms with E-state index in [1.807, 2.05) is 32.0 Å². The Labute approximate surface area is 109 Å². The lowest BCUT2D eigenvalue weighted by atomic mass is 9.90. The molecule has 1 aliphatic rings. The molecular weight excluding hydrogens is 226 g/mol. The van der Waals surface area contributed by atoms with Crippen LogP contribution in [0, 0.1) is 12.8 Å². The van der Waals surface area contributed by atoms with Crippen molar-refractivity contribution in [1.82, 2.24) is 5.32 Å². The normalized spacial score (nSPS) is 19.6. The maximum absolute atomic E-state index is 12.5. The number of carbonyl (C=O) groups is 1. The second-order valence-corrected chi connectivity index (χ2v) is 4.84. The summed E-state index contributed by atoms with van der Waals surface area (Å²) < 4.78 is 5.56. The monoisotopic (exact) mass is 247 g/mol. The van der Waals surface area contributed by atoms with Crippen molar-refractivity contribution in [3.8, 4) is 5.75 Å². The molecule has 1 fully saturated rings. The standard InChI is InChI=1S/C15H21NO2/c1-3-18-14-7-6-11(2)9-13(14)15(17)12-5-4-8-16-10-12/h6-7,9,12,16H,3-5,8,10H2,1-2H3. The molecule has 0 aliphatic carbocycles. The molecule has 0 saturated carbocycles. The van der Waals surface area contributed by atoms with Crippen molar-refractivity contribution in [2.24, 2.45) is 5.92 Å². The van der Waals surface area contributed by atoms with Crippen LogP contribution in [0.25, 0.3) is 0 Å². The van der Waals surface area contributed by atoms with E-state index in [4.69, 9.17) is 4.74 Å². The average Bonchev–Trinajstić information content (AvgIpc) is 2.41. The summed E-state index contributed by atoms with van der Waals surface area (Å²) in [6, 6.07) is 5.84. The Morgan fingerprint density at radius 1 is 1.50 bits per heavy atom. The molecule has 18 heavy (non-hydrogen) atoms. The van der Waals surface area contributed by atoms with Crippen LogP contribution in [0.1, 0.15) is 35.7 Å². The summed E-state index contributed by atoms with van der Waals surface area (Å²) in [5, 5.41) is 3.29. The van der Waals surface area contributed by atoms with Gasteiger partial charge in [-0.25, -0.2) is 0 Å². The van der Waals surface area contributed by atoms with E-state index >= 15 is 0 Å². The summed E-state index contributed by atoms with van der Waals surface area (Å²) in [5.74, 6) is 1.03. The van der Waals surface area contributed by atoms with Gasteiger partial charge in [-0.1, -0.05) is 11.6 Å². The van der Waals surface area contributed by atoms with Gasteiger partial charge in [0.15, 0.2) is 5.78 Å². The molecule has 0 bridgehead atoms. The van der Waals surface area contributed by atoms with Gasteiger partial charge in [-0.05, 0) is 45.4 Å². The minimum absolute atomic E-state index is 0.0970. The van der Waals surface area contributed by atoms with Gasteiger partial charge in [-0.3, -0.25) is 4.79 Å². The van der Waals surface area contributed by atoms with E-state index in [1.165, 1.54) is 0 Å². The molecule has 0 spiro atoms. The van der Waals surface area contributed by atoms with Crippen LogP contribution >= 0.6 is 0 Å². The van der Waals surface area contributed by atoms with Crippen LogP contribution in [-0.2, 0) is 0 Å². The van der Waals surface area contributed by atoms with Crippen LogP contribution in [0.5, 0.6) is 5.75 Å². The van der Waals surface area contributed by atoms with Crippen LogP contribution in [0.2, 0.25) is 0 Å². The first-order valence-electron chi connectivity index (χ1n) is 6.70. The molecule has 1 aliphatic heterocycles. The van der Waals surface area contributed by atoms with Crippen molar-refractivity contribution >= 4 is 5.78 Å². The third kappa shape index (κ3) is 2.91. The third-order valence-electron chi connectivity index (χ3n) is 3.37. The van der Waals surface area contributed by atoms with E-state index in [-0.39, 0.29) is 11.7 Å². The zero-order valence-electron chi connectivity index (χ0n) is 11.2. The van der Waals surface area contributed by atoms with E-state index in [0.29, 0.717) is 6.61 Å². The molecular formula is C15H21NO2. The molecule has 0 amide bonds. The quantitative estimate of drug-likeness (QED) is 0.831. The van der Waals surface area contributed by atoms with Gasteiger partial charge < -0.3 is 10.1 Å². The third-order valence-corrected chi connectivity index (χ3v) is 3.37. The smallest absolute Gasteiger partial charge is 0.170 e. The molecule has 1 atom stereocenters. The zero-order chi connectivity index (χ0) is 13.0. The fourth-order valence-corrected chi connectivity index (χ4v) is 2.41. The second kappa shape index (κ2) is 6.01. The molecule has 0 radical (unpaired) electrons. The average molecular weight is 247 g/mol. The number of benzene rings is 1. The van der Waals surface area contributed by atoms with Gasteiger partial charge in [-0.15, -0.1) is 0 Å². The number of ether oxygens (including phenoxy) is 1. The van der Waals surface area contributed by atoms with E-state index in [2.05, 4.69) is 5.32 Å². The highest BCUT2D eigenvalue weighted by Gasteiger charge is 2.24. The molecule has 1 N–H and O–H groups in total. The number of rotatable bonds is 4. The lowest BCUT2D eigenvalue weighted by Crippen LogP contribution is -2.34. The summed E-state index contributed by atoms with van der Waals surface area (Å²) >= 11 is 0. The van der Waals surface area contributed by atoms with Gasteiger partial charge in [0, 0.05) is 12.5 Å². The highest BCUT2D eigenvalue weighted by Crippen LogP contribution is 2.25. The van der Waals surface area contributed by atoms with E-state index < -0.39 is 0 Å². The number of piperidine rings is 1. The summed E-state index contributed by atoms with van der Waals surface area (Å²) in [6.45, 7) is 6.35. The SMILES string of the molecule is CCOc1ccc(C)cc1C(=O)C1CCCNC1. The van der Waals surface area contributed by atoms with Gasteiger partial charge in [0.25, 0.3) is 0 Å². The van der Waals surface area contributed by atoms with Crippen LogP contribution < -0.4 is 10.1 Å². The Morgan fingerprint density at radius 3 is 3.00 bits per heavy atom. The lowest BCUT2D eigenvalue weighted by Gasteiger charge is -2.22. The van der Waals surface area contributed by atoms with Gasteiger partial charge in [-0.2, -0.15) is 0 Å². The highest BCUT2D eigenvalue weighted by atomic mass is 16.5. The highest BCUT2D eigenvalue weighted by molar-refractivity contribution is 6.00. The maximum atomic E-state index is 12.5. The molecule has 1 aromatic rings. The summed E-state index contributed by atoms with van der Waals surface area (Å²) in [6.07, 6.45) is 2.05. The largest absolute Gasteiger partial charge is 0.493 e. The molecule has 98 valence electrons. The van der Waals surface area contributed by atoms with Crippen LogP contribution in [0.3, 0.4) is 0 Å². The summed E-state index contributed by atoms with van der Waals surface area (Å²) in [5.41, 5.74) is 1.84. The van der Waals surface area contributed by atoms with Crippen molar-refractivity contribution in [1.29, 1.82) is 0 Å². The molecule has 3 heteroatoms. The number of aryl methyl sites for hydroxylation is 1.